The normalized spacial score (nSPS) is 8.26. The molecule has 5 heteroatoms. The first kappa shape index (κ1) is 30.4. The van der Waals surface area contributed by atoms with Crippen molar-refractivity contribution < 1.29 is 31.9 Å². The van der Waals surface area contributed by atoms with E-state index in [1.807, 2.05) is 0 Å². The molecule has 0 aliphatic carbocycles. The maximum Gasteiger partial charge on any atom is 2.00 e. The number of allylic oxidation sites excluding steroid dienone is 1. The van der Waals surface area contributed by atoms with Crippen molar-refractivity contribution in [2.75, 3.05) is 33.9 Å². The zero-order valence-electron chi connectivity index (χ0n) is 15.2. The van der Waals surface area contributed by atoms with Gasteiger partial charge in [0, 0.05) is 33.9 Å². The molecule has 132 valence electrons. The zero-order valence-corrected chi connectivity index (χ0v) is 16.7. The molecule has 1 aromatic carbocycles. The molecule has 0 aliphatic heterocycles. The van der Waals surface area contributed by atoms with E-state index in [9.17, 15) is 0 Å². The Bertz CT molecular complexity index is 361. The van der Waals surface area contributed by atoms with Crippen LogP contribution in [0.25, 0.3) is 5.57 Å². The van der Waals surface area contributed by atoms with Crippen LogP contribution in [0.4, 0.5) is 0 Å². The average Bonchev–Trinajstić information content (AvgIpc) is 2.55. The van der Waals surface area contributed by atoms with Crippen molar-refractivity contribution in [2.45, 2.75) is 19.9 Å². The molecular formula is C18H34N2O2Ti. The molecule has 0 atom stereocenters. The van der Waals surface area contributed by atoms with Crippen molar-refractivity contribution in [2.24, 2.45) is 0 Å². The fraction of sp³-hybridized carbons (Fsp3) is 0.444. The second-order valence-electron chi connectivity index (χ2n) is 4.22. The quantitative estimate of drug-likeness (QED) is 0.327. The molecule has 0 saturated carbocycles. The molecule has 4 nitrogen and oxygen atoms in total. The first-order valence-electron chi connectivity index (χ1n) is 7.09. The average molecular weight is 358 g/mol. The number of benzene rings is 1. The van der Waals surface area contributed by atoms with E-state index in [1.54, 1.807) is 0 Å². The molecule has 0 aliphatic rings. The Hall–Kier alpha value is -0.486. The van der Waals surface area contributed by atoms with Crippen LogP contribution in [-0.4, -0.2) is 44.1 Å². The summed E-state index contributed by atoms with van der Waals surface area (Å²) in [6.45, 7) is 13.7. The summed E-state index contributed by atoms with van der Waals surface area (Å²) in [6, 6.07) is 8.41. The fourth-order valence-corrected chi connectivity index (χ4v) is 1.74. The van der Waals surface area contributed by atoms with Crippen LogP contribution in [0.3, 0.4) is 0 Å². The minimum absolute atomic E-state index is 0. The smallest absolute Gasteiger partial charge is 0.400 e. The van der Waals surface area contributed by atoms with Gasteiger partial charge in [-0.3, -0.25) is 0 Å². The fourth-order valence-electron chi connectivity index (χ4n) is 1.74. The van der Waals surface area contributed by atoms with Crippen LogP contribution in [0.5, 0.6) is 0 Å². The molecule has 1 aromatic rings. The van der Waals surface area contributed by atoms with Crippen LogP contribution in [0, 0.1) is 14.4 Å². The van der Waals surface area contributed by atoms with Crippen molar-refractivity contribution in [3.8, 4) is 0 Å². The summed E-state index contributed by atoms with van der Waals surface area (Å²) in [7, 11) is 2.00. The first-order chi connectivity index (χ1) is 10.3. The van der Waals surface area contributed by atoms with E-state index in [0.29, 0.717) is 0 Å². The van der Waals surface area contributed by atoms with E-state index in [1.165, 1.54) is 11.1 Å². The van der Waals surface area contributed by atoms with Crippen molar-refractivity contribution in [3.05, 3.63) is 56.3 Å². The maximum atomic E-state index is 7.00. The number of nitrogens with one attached hydrogen (secondary N) is 2. The minimum Gasteiger partial charge on any atom is -0.400 e. The van der Waals surface area contributed by atoms with Crippen LogP contribution < -0.4 is 10.6 Å². The number of hydrogen-bond acceptors (Lipinski definition) is 4. The Kier molecular flexibility index (Phi) is 31.4. The minimum atomic E-state index is 0. The van der Waals surface area contributed by atoms with E-state index >= 15 is 0 Å². The van der Waals surface area contributed by atoms with Crippen LogP contribution in [0.1, 0.15) is 24.5 Å². The van der Waals surface area contributed by atoms with Gasteiger partial charge in [0.15, 0.2) is 0 Å². The van der Waals surface area contributed by atoms with Gasteiger partial charge in [-0.15, -0.1) is 0 Å². The summed E-state index contributed by atoms with van der Waals surface area (Å²) in [5.41, 5.74) is 3.69. The van der Waals surface area contributed by atoms with Gasteiger partial charge in [-0.25, -0.2) is 0 Å². The van der Waals surface area contributed by atoms with Crippen molar-refractivity contribution in [1.29, 1.82) is 0 Å². The molecule has 23 heavy (non-hydrogen) atoms. The monoisotopic (exact) mass is 358 g/mol. The molecule has 0 radical (unpaired) electrons. The summed E-state index contributed by atoms with van der Waals surface area (Å²) >= 11 is 0. The first-order valence-corrected chi connectivity index (χ1v) is 7.09. The zero-order chi connectivity index (χ0) is 16.5. The molecule has 1 rings (SSSR count). The topological polar surface area (TPSA) is 64.5 Å². The summed E-state index contributed by atoms with van der Waals surface area (Å²) in [5, 5.41) is 20.7. The molecule has 0 bridgehead atoms. The van der Waals surface area contributed by atoms with Gasteiger partial charge in [-0.2, -0.15) is 6.42 Å². The van der Waals surface area contributed by atoms with Crippen LogP contribution >= 0.6 is 0 Å². The Morgan fingerprint density at radius 1 is 1.04 bits per heavy atom. The van der Waals surface area contributed by atoms with E-state index < -0.39 is 0 Å². The Labute approximate surface area is 158 Å². The SMILES string of the molecule is C=C(C)c1ccccc1CNCCNCC[CH2-].CO.CO.[CH3-].[Ti+2]. The number of hydrogen-bond donors (Lipinski definition) is 4. The Balaban J connectivity index is -0.000000278. The summed E-state index contributed by atoms with van der Waals surface area (Å²) in [5.74, 6) is 0. The molecule has 0 spiro atoms. The van der Waals surface area contributed by atoms with Gasteiger partial charge in [-0.1, -0.05) is 36.4 Å². The summed E-state index contributed by atoms with van der Waals surface area (Å²) < 4.78 is 0. The maximum absolute atomic E-state index is 7.00. The van der Waals surface area contributed by atoms with Gasteiger partial charge in [0.25, 0.3) is 0 Å². The third-order valence-electron chi connectivity index (χ3n) is 2.62. The van der Waals surface area contributed by atoms with Gasteiger partial charge < -0.3 is 35.2 Å². The molecule has 0 heterocycles. The molecule has 0 amide bonds. The van der Waals surface area contributed by atoms with Gasteiger partial charge >= 0.3 is 21.7 Å². The van der Waals surface area contributed by atoms with Crippen LogP contribution in [-0.2, 0) is 28.3 Å². The van der Waals surface area contributed by atoms with E-state index in [0.717, 1.165) is 52.4 Å². The predicted octanol–water partition coefficient (Wildman–Crippen LogP) is 2.29. The summed E-state index contributed by atoms with van der Waals surface area (Å²) in [4.78, 5) is 0. The van der Waals surface area contributed by atoms with Gasteiger partial charge in [0.05, 0.1) is 0 Å². The van der Waals surface area contributed by atoms with E-state index in [-0.39, 0.29) is 29.1 Å². The number of aliphatic hydroxyl groups is 2. The predicted molar refractivity (Wildman–Crippen MR) is 98.4 cm³/mol. The largest absolute Gasteiger partial charge is 2.00 e. The molecule has 0 unspecified atom stereocenters. The van der Waals surface area contributed by atoms with Crippen LogP contribution in [0.15, 0.2) is 30.8 Å². The van der Waals surface area contributed by atoms with Gasteiger partial charge in [-0.05, 0) is 24.6 Å². The standard InChI is InChI=1S/C15H23N2.2CH4O.CH3.Ti/c1-4-9-16-10-11-17-12-14-7-5-6-8-15(14)13(2)3;2*1-2;;/h5-8,16-17H,1-2,4,9-12H2,3H3;2*2H,1H3;1H3;/q-1;;;-1;+2. The molecule has 0 saturated heterocycles. The van der Waals surface area contributed by atoms with Crippen molar-refractivity contribution >= 4 is 5.57 Å². The second kappa shape index (κ2) is 23.8. The van der Waals surface area contributed by atoms with E-state index in [2.05, 4.69) is 55.3 Å². The third-order valence-corrected chi connectivity index (χ3v) is 2.62. The van der Waals surface area contributed by atoms with Crippen molar-refractivity contribution in [3.63, 3.8) is 0 Å². The van der Waals surface area contributed by atoms with Crippen molar-refractivity contribution in [1.82, 2.24) is 10.6 Å². The van der Waals surface area contributed by atoms with Gasteiger partial charge in [0.2, 0.25) is 0 Å². The molecular weight excluding hydrogens is 324 g/mol. The molecule has 4 N–H and O–H groups in total. The molecule has 0 fully saturated rings. The van der Waals surface area contributed by atoms with Gasteiger partial charge in [0.1, 0.15) is 0 Å². The molecule has 0 aromatic heterocycles. The second-order valence-corrected chi connectivity index (χ2v) is 4.22. The van der Waals surface area contributed by atoms with Crippen LogP contribution in [0.2, 0.25) is 0 Å². The van der Waals surface area contributed by atoms with E-state index in [4.69, 9.17) is 10.2 Å². The number of aliphatic hydroxyl groups excluding tert-OH is 2. The third kappa shape index (κ3) is 16.2. The number of rotatable bonds is 8. The Morgan fingerprint density at radius 2 is 1.57 bits per heavy atom. The Morgan fingerprint density at radius 3 is 2.09 bits per heavy atom. The summed E-state index contributed by atoms with van der Waals surface area (Å²) in [6.07, 6.45) is 0.943.